The molecule has 0 aliphatic carbocycles. The Labute approximate surface area is 117 Å². The van der Waals surface area contributed by atoms with Crippen molar-refractivity contribution in [3.05, 3.63) is 59.4 Å². The molecule has 0 spiro atoms. The second-order valence-electron chi connectivity index (χ2n) is 4.19. The highest BCUT2D eigenvalue weighted by molar-refractivity contribution is 7.13. The molecule has 20 heavy (non-hydrogen) atoms. The van der Waals surface area contributed by atoms with E-state index in [0.29, 0.717) is 5.13 Å². The van der Waals surface area contributed by atoms with Crippen LogP contribution in [-0.4, -0.2) is 4.98 Å². The van der Waals surface area contributed by atoms with Crippen LogP contribution in [0.3, 0.4) is 0 Å². The lowest BCUT2D eigenvalue weighted by molar-refractivity contribution is -0.138. The number of anilines is 1. The van der Waals surface area contributed by atoms with Crippen molar-refractivity contribution in [1.82, 2.24) is 10.3 Å². The lowest BCUT2D eigenvalue weighted by atomic mass is 10.0. The first-order chi connectivity index (χ1) is 9.57. The zero-order valence-corrected chi connectivity index (χ0v) is 10.9. The number of rotatable bonds is 2. The van der Waals surface area contributed by atoms with E-state index < -0.39 is 17.9 Å². The number of benzene rings is 1. The molecule has 1 aliphatic heterocycles. The summed E-state index contributed by atoms with van der Waals surface area (Å²) < 4.78 is 39.3. The van der Waals surface area contributed by atoms with Crippen LogP contribution in [-0.2, 0) is 6.18 Å². The Balaban J connectivity index is 2.02. The zero-order valence-electron chi connectivity index (χ0n) is 10.1. The molecule has 0 amide bonds. The van der Waals surface area contributed by atoms with Gasteiger partial charge < -0.3 is 5.32 Å². The Morgan fingerprint density at radius 2 is 2.05 bits per heavy atom. The van der Waals surface area contributed by atoms with Gasteiger partial charge in [0, 0.05) is 29.5 Å². The third kappa shape index (κ3) is 2.24. The highest BCUT2D eigenvalue weighted by Crippen LogP contribution is 2.38. The van der Waals surface area contributed by atoms with Crippen molar-refractivity contribution in [3.63, 3.8) is 0 Å². The molecule has 0 saturated heterocycles. The first-order valence-corrected chi connectivity index (χ1v) is 6.72. The molecule has 0 radical (unpaired) electrons. The van der Waals surface area contributed by atoms with E-state index in [1.165, 1.54) is 23.5 Å². The monoisotopic (exact) mass is 297 g/mol. The number of nitrogens with one attached hydrogen (secondary N) is 1. The van der Waals surface area contributed by atoms with Gasteiger partial charge in [-0.15, -0.1) is 11.3 Å². The minimum Gasteiger partial charge on any atom is -0.366 e. The summed E-state index contributed by atoms with van der Waals surface area (Å²) >= 11 is 1.37. The van der Waals surface area contributed by atoms with Crippen molar-refractivity contribution < 1.29 is 13.2 Å². The number of nitrogens with zero attached hydrogens (tertiary/aromatic N) is 2. The average molecular weight is 297 g/mol. The van der Waals surface area contributed by atoms with Crippen LogP contribution in [0.5, 0.6) is 0 Å². The summed E-state index contributed by atoms with van der Waals surface area (Å²) in [4.78, 5) is 5.83. The third-order valence-electron chi connectivity index (χ3n) is 2.97. The van der Waals surface area contributed by atoms with Gasteiger partial charge in [0.05, 0.1) is 5.56 Å². The first kappa shape index (κ1) is 13.0. The number of thiazole rings is 1. The van der Waals surface area contributed by atoms with Gasteiger partial charge in [-0.1, -0.05) is 18.2 Å². The van der Waals surface area contributed by atoms with Gasteiger partial charge in [0.1, 0.15) is 6.17 Å². The number of alkyl halides is 3. The lowest BCUT2D eigenvalue weighted by Crippen LogP contribution is -2.28. The maximum Gasteiger partial charge on any atom is 0.416 e. The highest BCUT2D eigenvalue weighted by atomic mass is 32.1. The van der Waals surface area contributed by atoms with Gasteiger partial charge in [-0.05, 0) is 6.07 Å². The minimum absolute atomic E-state index is 0.181. The van der Waals surface area contributed by atoms with Crippen LogP contribution in [0.25, 0.3) is 0 Å². The topological polar surface area (TPSA) is 28.2 Å². The maximum atomic E-state index is 13.1. The quantitative estimate of drug-likeness (QED) is 0.915. The molecule has 1 atom stereocenters. The zero-order chi connectivity index (χ0) is 14.2. The molecule has 1 unspecified atom stereocenters. The normalized spacial score (nSPS) is 18.4. The summed E-state index contributed by atoms with van der Waals surface area (Å²) in [5, 5.41) is 5.37. The minimum atomic E-state index is -4.38. The van der Waals surface area contributed by atoms with Gasteiger partial charge in [-0.2, -0.15) is 13.2 Å². The van der Waals surface area contributed by atoms with E-state index in [1.54, 1.807) is 34.9 Å². The van der Waals surface area contributed by atoms with Gasteiger partial charge in [0.2, 0.25) is 0 Å². The predicted octanol–water partition coefficient (Wildman–Crippen LogP) is 3.74. The molecule has 1 aliphatic rings. The molecule has 3 rings (SSSR count). The number of aromatic nitrogens is 1. The highest BCUT2D eigenvalue weighted by Gasteiger charge is 2.37. The molecule has 0 saturated carbocycles. The molecule has 1 N–H and O–H groups in total. The molecule has 0 fully saturated rings. The summed E-state index contributed by atoms with van der Waals surface area (Å²) in [5.74, 6) is 0. The second-order valence-corrected chi connectivity index (χ2v) is 5.06. The van der Waals surface area contributed by atoms with Crippen LogP contribution < -0.4 is 10.2 Å². The van der Waals surface area contributed by atoms with Gasteiger partial charge in [0.25, 0.3) is 0 Å². The lowest BCUT2D eigenvalue weighted by Gasteiger charge is -2.26. The van der Waals surface area contributed by atoms with E-state index in [-0.39, 0.29) is 5.56 Å². The molecule has 7 heteroatoms. The SMILES string of the molecule is FC(F)(F)c1ccccc1C1NC=CN1c1nccs1. The molecule has 104 valence electrons. The molecular weight excluding hydrogens is 287 g/mol. The van der Waals surface area contributed by atoms with Crippen LogP contribution >= 0.6 is 11.3 Å². The van der Waals surface area contributed by atoms with E-state index >= 15 is 0 Å². The molecule has 3 nitrogen and oxygen atoms in total. The van der Waals surface area contributed by atoms with Crippen molar-refractivity contribution in [2.45, 2.75) is 12.3 Å². The van der Waals surface area contributed by atoms with Crippen LogP contribution in [0.15, 0.2) is 48.2 Å². The van der Waals surface area contributed by atoms with E-state index in [0.717, 1.165) is 6.07 Å². The fourth-order valence-corrected chi connectivity index (χ4v) is 2.78. The summed E-state index contributed by atoms with van der Waals surface area (Å²) in [7, 11) is 0. The van der Waals surface area contributed by atoms with E-state index in [4.69, 9.17) is 0 Å². The van der Waals surface area contributed by atoms with E-state index in [1.807, 2.05) is 0 Å². The molecular formula is C13H10F3N3S. The van der Waals surface area contributed by atoms with E-state index in [2.05, 4.69) is 10.3 Å². The van der Waals surface area contributed by atoms with Crippen LogP contribution in [0.1, 0.15) is 17.3 Å². The summed E-state index contributed by atoms with van der Waals surface area (Å²) in [6.07, 6.45) is -0.0385. The molecule has 2 aromatic rings. The Kier molecular flexibility index (Phi) is 3.13. The maximum absolute atomic E-state index is 13.1. The summed E-state index contributed by atoms with van der Waals surface area (Å²) in [6, 6.07) is 5.57. The summed E-state index contributed by atoms with van der Waals surface area (Å²) in [6.45, 7) is 0. The number of hydrogen-bond donors (Lipinski definition) is 1. The van der Waals surface area contributed by atoms with Crippen molar-refractivity contribution in [3.8, 4) is 0 Å². The van der Waals surface area contributed by atoms with Gasteiger partial charge in [-0.25, -0.2) is 4.98 Å². The van der Waals surface area contributed by atoms with Gasteiger partial charge in [0.15, 0.2) is 5.13 Å². The van der Waals surface area contributed by atoms with Crippen LogP contribution in [0, 0.1) is 0 Å². The smallest absolute Gasteiger partial charge is 0.366 e. The van der Waals surface area contributed by atoms with Gasteiger partial charge in [-0.3, -0.25) is 4.90 Å². The average Bonchev–Trinajstić information content (AvgIpc) is 3.08. The van der Waals surface area contributed by atoms with Crippen molar-refractivity contribution >= 4 is 16.5 Å². The van der Waals surface area contributed by atoms with Crippen molar-refractivity contribution in [1.29, 1.82) is 0 Å². The Morgan fingerprint density at radius 1 is 1.25 bits per heavy atom. The third-order valence-corrected chi connectivity index (χ3v) is 3.75. The summed E-state index contributed by atoms with van der Waals surface area (Å²) in [5.41, 5.74) is -0.456. The fraction of sp³-hybridized carbons (Fsp3) is 0.154. The first-order valence-electron chi connectivity index (χ1n) is 5.84. The van der Waals surface area contributed by atoms with Crippen molar-refractivity contribution in [2.24, 2.45) is 0 Å². The number of halogens is 3. The molecule has 0 bridgehead atoms. The van der Waals surface area contributed by atoms with Crippen LogP contribution in [0.4, 0.5) is 18.3 Å². The Hall–Kier alpha value is -2.02. The second kappa shape index (κ2) is 4.82. The standard InChI is InChI=1S/C13H10F3N3S/c14-13(15,16)10-4-2-1-3-9(10)11-17-5-7-19(11)12-18-6-8-20-12/h1-8,11,17H. The largest absolute Gasteiger partial charge is 0.416 e. The van der Waals surface area contributed by atoms with Crippen molar-refractivity contribution in [2.75, 3.05) is 4.90 Å². The number of hydrogen-bond acceptors (Lipinski definition) is 4. The molecule has 1 aromatic heterocycles. The molecule has 1 aromatic carbocycles. The van der Waals surface area contributed by atoms with E-state index in [9.17, 15) is 13.2 Å². The fourth-order valence-electron chi connectivity index (χ4n) is 2.13. The Morgan fingerprint density at radius 3 is 2.75 bits per heavy atom. The van der Waals surface area contributed by atoms with Gasteiger partial charge >= 0.3 is 6.18 Å². The molecule has 2 heterocycles. The van der Waals surface area contributed by atoms with Crippen LogP contribution in [0.2, 0.25) is 0 Å². The Bertz CT molecular complexity index is 622. The predicted molar refractivity (Wildman–Crippen MR) is 71.1 cm³/mol.